The molecule has 114 valence electrons. The second kappa shape index (κ2) is 5.29. The molecule has 0 aliphatic heterocycles. The van der Waals surface area contributed by atoms with Gasteiger partial charge in [0.05, 0.1) is 10.5 Å². The van der Waals surface area contributed by atoms with E-state index in [1.165, 1.54) is 12.2 Å². The van der Waals surface area contributed by atoms with Gasteiger partial charge in [-0.25, -0.2) is 8.42 Å². The summed E-state index contributed by atoms with van der Waals surface area (Å²) in [6.45, 7) is 0. The minimum atomic E-state index is -4.62. The van der Waals surface area contributed by atoms with Crippen molar-refractivity contribution in [1.82, 2.24) is 0 Å². The lowest BCUT2D eigenvalue weighted by Crippen LogP contribution is -2.08. The summed E-state index contributed by atoms with van der Waals surface area (Å²) in [5, 5.41) is 0. The lowest BCUT2D eigenvalue weighted by Gasteiger charge is -2.10. The molecular formula is C14H13F3O3S. The van der Waals surface area contributed by atoms with Crippen LogP contribution in [0.2, 0.25) is 0 Å². The van der Waals surface area contributed by atoms with Gasteiger partial charge in [-0.05, 0) is 36.6 Å². The molecule has 0 bridgehead atoms. The minimum absolute atomic E-state index is 0.0302. The first-order chi connectivity index (χ1) is 9.59. The van der Waals surface area contributed by atoms with Crippen LogP contribution in [0.1, 0.15) is 24.0 Å². The van der Waals surface area contributed by atoms with Crippen LogP contribution in [0.4, 0.5) is 13.2 Å². The molecule has 1 aliphatic rings. The van der Waals surface area contributed by atoms with Gasteiger partial charge in [0.2, 0.25) is 0 Å². The summed E-state index contributed by atoms with van der Waals surface area (Å²) in [7, 11) is -3.83. The number of sulfone groups is 1. The molecule has 0 radical (unpaired) electrons. The van der Waals surface area contributed by atoms with Gasteiger partial charge in [0.25, 0.3) is 0 Å². The lowest BCUT2D eigenvalue weighted by molar-refractivity contribution is -0.137. The van der Waals surface area contributed by atoms with Crippen LogP contribution in [0, 0.1) is 5.92 Å². The number of alkyl halides is 3. The molecule has 0 N–H and O–H groups in total. The average molecular weight is 318 g/mol. The van der Waals surface area contributed by atoms with Crippen LogP contribution in [-0.2, 0) is 20.8 Å². The Bertz CT molecular complexity index is 699. The maximum absolute atomic E-state index is 12.6. The molecule has 1 aromatic carbocycles. The van der Waals surface area contributed by atoms with Crippen LogP contribution in [0.15, 0.2) is 29.2 Å². The smallest absolute Gasteiger partial charge is 0.295 e. The van der Waals surface area contributed by atoms with E-state index in [1.807, 2.05) is 0 Å². The standard InChI is InChI=1S/C14H13F3O3S/c1-21(19,20)13-8-11(14(15,16)17)6-4-10(13)5-7-12(18)9-2-3-9/h4-9H,2-3H2,1H3. The number of allylic oxidation sites excluding steroid dienone is 1. The van der Waals surface area contributed by atoms with Crippen molar-refractivity contribution in [3.05, 3.63) is 35.4 Å². The van der Waals surface area contributed by atoms with E-state index in [4.69, 9.17) is 0 Å². The quantitative estimate of drug-likeness (QED) is 0.802. The van der Waals surface area contributed by atoms with E-state index >= 15 is 0 Å². The molecule has 1 aliphatic carbocycles. The highest BCUT2D eigenvalue weighted by atomic mass is 32.2. The van der Waals surface area contributed by atoms with Crippen molar-refractivity contribution in [3.8, 4) is 0 Å². The van der Waals surface area contributed by atoms with Crippen molar-refractivity contribution in [2.24, 2.45) is 5.92 Å². The molecule has 21 heavy (non-hydrogen) atoms. The Morgan fingerprint density at radius 2 is 1.90 bits per heavy atom. The third kappa shape index (κ3) is 3.93. The van der Waals surface area contributed by atoms with Crippen LogP contribution in [0.3, 0.4) is 0 Å². The first-order valence-corrected chi connectivity index (χ1v) is 8.11. The molecule has 0 spiro atoms. The van der Waals surface area contributed by atoms with Crippen LogP contribution in [0.25, 0.3) is 6.08 Å². The number of carbonyl (C=O) groups excluding carboxylic acids is 1. The molecule has 7 heteroatoms. The highest BCUT2D eigenvalue weighted by Crippen LogP contribution is 2.33. The van der Waals surface area contributed by atoms with Crippen molar-refractivity contribution in [1.29, 1.82) is 0 Å². The van der Waals surface area contributed by atoms with E-state index in [2.05, 4.69) is 0 Å². The summed E-state index contributed by atoms with van der Waals surface area (Å²) in [5.74, 6) is -0.160. The van der Waals surface area contributed by atoms with Gasteiger partial charge in [-0.2, -0.15) is 13.2 Å². The van der Waals surface area contributed by atoms with E-state index in [0.29, 0.717) is 6.07 Å². The summed E-state index contributed by atoms with van der Waals surface area (Å²) in [5.41, 5.74) is -0.951. The van der Waals surface area contributed by atoms with Gasteiger partial charge < -0.3 is 0 Å². The van der Waals surface area contributed by atoms with Crippen LogP contribution in [0.5, 0.6) is 0 Å². The van der Waals surface area contributed by atoms with Crippen molar-refractivity contribution in [2.75, 3.05) is 6.26 Å². The zero-order valence-electron chi connectivity index (χ0n) is 11.1. The molecule has 0 atom stereocenters. The van der Waals surface area contributed by atoms with E-state index in [9.17, 15) is 26.4 Å². The molecule has 0 heterocycles. The monoisotopic (exact) mass is 318 g/mol. The molecule has 0 saturated heterocycles. The van der Waals surface area contributed by atoms with Crippen LogP contribution in [-0.4, -0.2) is 20.5 Å². The molecule has 0 aromatic heterocycles. The van der Waals surface area contributed by atoms with E-state index in [-0.39, 0.29) is 17.3 Å². The number of carbonyl (C=O) groups is 1. The van der Waals surface area contributed by atoms with Crippen LogP contribution >= 0.6 is 0 Å². The molecule has 0 amide bonds. The minimum Gasteiger partial charge on any atom is -0.295 e. The van der Waals surface area contributed by atoms with Gasteiger partial charge >= 0.3 is 6.18 Å². The van der Waals surface area contributed by atoms with Gasteiger partial charge in [0.1, 0.15) is 0 Å². The topological polar surface area (TPSA) is 51.2 Å². The maximum atomic E-state index is 12.6. The van der Waals surface area contributed by atoms with E-state index in [0.717, 1.165) is 31.2 Å². The van der Waals surface area contributed by atoms with Gasteiger partial charge in [0.15, 0.2) is 15.6 Å². The predicted octanol–water partition coefficient (Wildman–Crippen LogP) is 3.10. The molecule has 1 saturated carbocycles. The zero-order valence-corrected chi connectivity index (χ0v) is 12.0. The summed E-state index contributed by atoms with van der Waals surface area (Å²) >= 11 is 0. The molecule has 2 rings (SSSR count). The van der Waals surface area contributed by atoms with Crippen molar-refractivity contribution >= 4 is 21.7 Å². The Morgan fingerprint density at radius 3 is 2.38 bits per heavy atom. The first-order valence-electron chi connectivity index (χ1n) is 6.22. The molecular weight excluding hydrogens is 305 g/mol. The molecule has 1 fully saturated rings. The average Bonchev–Trinajstić information content (AvgIpc) is 3.17. The Kier molecular flexibility index (Phi) is 3.97. The predicted molar refractivity (Wildman–Crippen MR) is 71.3 cm³/mol. The summed E-state index contributed by atoms with van der Waals surface area (Å²) < 4.78 is 61.2. The number of hydrogen-bond acceptors (Lipinski definition) is 3. The van der Waals surface area contributed by atoms with Crippen LogP contribution < -0.4 is 0 Å². The SMILES string of the molecule is CS(=O)(=O)c1cc(C(F)(F)F)ccc1C=CC(=O)C1CC1. The Hall–Kier alpha value is -1.63. The van der Waals surface area contributed by atoms with Crippen molar-refractivity contribution < 1.29 is 26.4 Å². The number of benzene rings is 1. The third-order valence-electron chi connectivity index (χ3n) is 3.15. The third-order valence-corrected chi connectivity index (χ3v) is 4.30. The van der Waals surface area contributed by atoms with Gasteiger partial charge in [-0.3, -0.25) is 4.79 Å². The number of ketones is 1. The van der Waals surface area contributed by atoms with Gasteiger partial charge in [-0.1, -0.05) is 12.1 Å². The normalized spacial score (nSPS) is 16.4. The second-order valence-corrected chi connectivity index (χ2v) is 7.02. The lowest BCUT2D eigenvalue weighted by atomic mass is 10.1. The fourth-order valence-corrected chi connectivity index (χ4v) is 2.75. The second-order valence-electron chi connectivity index (χ2n) is 5.03. The number of hydrogen-bond donors (Lipinski definition) is 0. The highest BCUT2D eigenvalue weighted by Gasteiger charge is 2.32. The molecule has 1 aromatic rings. The Morgan fingerprint density at radius 1 is 1.29 bits per heavy atom. The van der Waals surface area contributed by atoms with Crippen molar-refractivity contribution in [3.63, 3.8) is 0 Å². The Balaban J connectivity index is 2.43. The first kappa shape index (κ1) is 15.8. The van der Waals surface area contributed by atoms with E-state index in [1.54, 1.807) is 0 Å². The largest absolute Gasteiger partial charge is 0.416 e. The highest BCUT2D eigenvalue weighted by molar-refractivity contribution is 7.90. The zero-order chi connectivity index (χ0) is 15.8. The number of halogens is 3. The Labute approximate surface area is 120 Å². The number of rotatable bonds is 4. The molecule has 0 unspecified atom stereocenters. The summed E-state index contributed by atoms with van der Waals surface area (Å²) in [6, 6.07) is 2.46. The van der Waals surface area contributed by atoms with Gasteiger partial charge in [-0.15, -0.1) is 0 Å². The summed E-state index contributed by atoms with van der Waals surface area (Å²) in [4.78, 5) is 11.1. The van der Waals surface area contributed by atoms with Gasteiger partial charge in [0, 0.05) is 12.2 Å². The molecule has 3 nitrogen and oxygen atoms in total. The maximum Gasteiger partial charge on any atom is 0.416 e. The fourth-order valence-electron chi connectivity index (χ4n) is 1.85. The van der Waals surface area contributed by atoms with Crippen molar-refractivity contribution in [2.45, 2.75) is 23.9 Å². The summed E-state index contributed by atoms with van der Waals surface area (Å²) in [6.07, 6.45) is 0.310. The van der Waals surface area contributed by atoms with E-state index < -0.39 is 26.5 Å². The fraction of sp³-hybridized carbons (Fsp3) is 0.357.